The Labute approximate surface area is 104 Å². The fourth-order valence-electron chi connectivity index (χ4n) is 1.55. The van der Waals surface area contributed by atoms with Gasteiger partial charge in [0.2, 0.25) is 5.88 Å². The first-order chi connectivity index (χ1) is 7.97. The molecule has 2 heterocycles. The number of nitrogens with zero attached hydrogens (tertiary/aromatic N) is 3. The summed E-state index contributed by atoms with van der Waals surface area (Å²) in [5.74, 6) is 1.05. The van der Waals surface area contributed by atoms with Crippen LogP contribution in [0.1, 0.15) is 11.4 Å². The highest BCUT2D eigenvalue weighted by Gasteiger charge is 2.12. The smallest absolute Gasteiger partial charge is 0.222 e. The summed E-state index contributed by atoms with van der Waals surface area (Å²) in [6, 6.07) is 3.19. The molecule has 0 aliphatic heterocycles. The van der Waals surface area contributed by atoms with E-state index >= 15 is 0 Å². The molecule has 2 aromatic heterocycles. The predicted molar refractivity (Wildman–Crippen MR) is 66.4 cm³/mol. The minimum Gasteiger partial charge on any atom is -0.435 e. The van der Waals surface area contributed by atoms with Gasteiger partial charge in [-0.25, -0.2) is 4.98 Å². The highest BCUT2D eigenvalue weighted by atomic mass is 35.5. The number of nitrogens with two attached hydrogens (primary N) is 1. The third-order valence-electron chi connectivity index (χ3n) is 2.44. The topological polar surface area (TPSA) is 66.0 Å². The van der Waals surface area contributed by atoms with E-state index in [1.807, 2.05) is 20.9 Å². The maximum absolute atomic E-state index is 5.81. The third kappa shape index (κ3) is 2.34. The maximum atomic E-state index is 5.81. The van der Waals surface area contributed by atoms with E-state index in [0.29, 0.717) is 22.5 Å². The molecule has 0 atom stereocenters. The summed E-state index contributed by atoms with van der Waals surface area (Å²) in [4.78, 5) is 4.05. The van der Waals surface area contributed by atoms with Crippen molar-refractivity contribution in [3.63, 3.8) is 0 Å². The van der Waals surface area contributed by atoms with Crippen molar-refractivity contribution in [3.05, 3.63) is 28.7 Å². The van der Waals surface area contributed by atoms with Crippen molar-refractivity contribution in [1.29, 1.82) is 0 Å². The molecule has 0 aliphatic rings. The molecule has 0 radical (unpaired) electrons. The molecule has 0 amide bonds. The molecule has 0 unspecified atom stereocenters. The second kappa shape index (κ2) is 4.25. The van der Waals surface area contributed by atoms with E-state index in [4.69, 9.17) is 22.1 Å². The minimum absolute atomic E-state index is 0.305. The zero-order chi connectivity index (χ0) is 12.6. The van der Waals surface area contributed by atoms with Gasteiger partial charge in [-0.2, -0.15) is 5.10 Å². The first kappa shape index (κ1) is 11.7. The summed E-state index contributed by atoms with van der Waals surface area (Å²) < 4.78 is 7.41. The Bertz CT molecular complexity index is 545. The van der Waals surface area contributed by atoms with Gasteiger partial charge in [-0.15, -0.1) is 0 Å². The molecule has 17 heavy (non-hydrogen) atoms. The number of rotatable bonds is 2. The number of pyridine rings is 1. The van der Waals surface area contributed by atoms with Crippen LogP contribution in [0.15, 0.2) is 12.1 Å². The van der Waals surface area contributed by atoms with Gasteiger partial charge in [-0.05, 0) is 19.9 Å². The number of aromatic nitrogens is 3. The summed E-state index contributed by atoms with van der Waals surface area (Å²) in [6.07, 6.45) is 0. The number of hydrogen-bond acceptors (Lipinski definition) is 4. The first-order valence-electron chi connectivity index (χ1n) is 5.08. The second-order valence-electron chi connectivity index (χ2n) is 3.79. The molecule has 0 aromatic carbocycles. The van der Waals surface area contributed by atoms with Gasteiger partial charge in [-0.1, -0.05) is 11.6 Å². The van der Waals surface area contributed by atoms with Gasteiger partial charge in [-0.3, -0.25) is 4.68 Å². The van der Waals surface area contributed by atoms with Gasteiger partial charge < -0.3 is 10.5 Å². The molecule has 0 saturated heterocycles. The maximum Gasteiger partial charge on any atom is 0.222 e. The Kier molecular flexibility index (Phi) is 2.93. The van der Waals surface area contributed by atoms with Crippen molar-refractivity contribution < 1.29 is 4.74 Å². The molecular formula is C11H13ClN4O. The second-order valence-corrected chi connectivity index (χ2v) is 4.17. The standard InChI is InChI=1S/C11H13ClN4O/c1-6-11(7(2)16(3)15-6)17-10-5-8(13)4-9(12)14-10/h4-5H,1-3H3,(H2,13,14). The lowest BCUT2D eigenvalue weighted by molar-refractivity contribution is 0.455. The summed E-state index contributed by atoms with van der Waals surface area (Å²) in [6.45, 7) is 3.79. The molecule has 90 valence electrons. The zero-order valence-electron chi connectivity index (χ0n) is 9.86. The van der Waals surface area contributed by atoms with Crippen LogP contribution in [0.25, 0.3) is 0 Å². The summed E-state index contributed by atoms with van der Waals surface area (Å²) in [7, 11) is 1.86. The Hall–Kier alpha value is -1.75. The van der Waals surface area contributed by atoms with Crippen molar-refractivity contribution in [2.45, 2.75) is 13.8 Å². The lowest BCUT2D eigenvalue weighted by Crippen LogP contribution is -1.95. The number of anilines is 1. The third-order valence-corrected chi connectivity index (χ3v) is 2.64. The van der Waals surface area contributed by atoms with Crippen LogP contribution in [0.4, 0.5) is 5.69 Å². The van der Waals surface area contributed by atoms with Gasteiger partial charge in [0, 0.05) is 18.8 Å². The van der Waals surface area contributed by atoms with E-state index in [2.05, 4.69) is 10.1 Å². The number of halogens is 1. The molecule has 5 nitrogen and oxygen atoms in total. The van der Waals surface area contributed by atoms with Gasteiger partial charge in [0.1, 0.15) is 10.8 Å². The molecule has 0 fully saturated rings. The van der Waals surface area contributed by atoms with E-state index in [0.717, 1.165) is 11.4 Å². The number of hydrogen-bond donors (Lipinski definition) is 1. The van der Waals surface area contributed by atoms with Crippen molar-refractivity contribution >= 4 is 17.3 Å². The number of aryl methyl sites for hydroxylation is 2. The first-order valence-corrected chi connectivity index (χ1v) is 5.46. The fraction of sp³-hybridized carbons (Fsp3) is 0.273. The van der Waals surface area contributed by atoms with Crippen LogP contribution in [0.2, 0.25) is 5.15 Å². The minimum atomic E-state index is 0.305. The van der Waals surface area contributed by atoms with Gasteiger partial charge in [0.15, 0.2) is 5.75 Å². The lowest BCUT2D eigenvalue weighted by Gasteiger charge is -2.06. The molecule has 0 spiro atoms. The van der Waals surface area contributed by atoms with Crippen LogP contribution in [-0.4, -0.2) is 14.8 Å². The molecule has 6 heteroatoms. The molecule has 2 rings (SSSR count). The van der Waals surface area contributed by atoms with Crippen LogP contribution in [0.3, 0.4) is 0 Å². The average Bonchev–Trinajstić information content (AvgIpc) is 2.44. The lowest BCUT2D eigenvalue weighted by atomic mass is 10.3. The zero-order valence-corrected chi connectivity index (χ0v) is 10.6. The molecular weight excluding hydrogens is 240 g/mol. The monoisotopic (exact) mass is 252 g/mol. The highest BCUT2D eigenvalue weighted by molar-refractivity contribution is 6.29. The van der Waals surface area contributed by atoms with Crippen molar-refractivity contribution in [3.8, 4) is 11.6 Å². The Morgan fingerprint density at radius 3 is 2.59 bits per heavy atom. The Morgan fingerprint density at radius 2 is 2.06 bits per heavy atom. The van der Waals surface area contributed by atoms with Crippen molar-refractivity contribution in [2.75, 3.05) is 5.73 Å². The normalized spacial score (nSPS) is 10.6. The largest absolute Gasteiger partial charge is 0.435 e. The summed E-state index contributed by atoms with van der Waals surface area (Å²) in [5, 5.41) is 4.56. The quantitative estimate of drug-likeness (QED) is 0.834. The average molecular weight is 253 g/mol. The SMILES string of the molecule is Cc1nn(C)c(C)c1Oc1cc(N)cc(Cl)n1. The summed E-state index contributed by atoms with van der Waals surface area (Å²) in [5.41, 5.74) is 7.90. The van der Waals surface area contributed by atoms with Crippen LogP contribution in [0.5, 0.6) is 11.6 Å². The molecule has 2 aromatic rings. The molecule has 0 saturated carbocycles. The van der Waals surface area contributed by atoms with Gasteiger partial charge >= 0.3 is 0 Å². The van der Waals surface area contributed by atoms with Crippen LogP contribution < -0.4 is 10.5 Å². The Morgan fingerprint density at radius 1 is 1.35 bits per heavy atom. The van der Waals surface area contributed by atoms with Crippen molar-refractivity contribution in [1.82, 2.24) is 14.8 Å². The van der Waals surface area contributed by atoms with Gasteiger partial charge in [0.25, 0.3) is 0 Å². The number of nitrogen functional groups attached to an aromatic ring is 1. The molecule has 2 N–H and O–H groups in total. The molecule has 0 aliphatic carbocycles. The van der Waals surface area contributed by atoms with Crippen LogP contribution in [0, 0.1) is 13.8 Å². The van der Waals surface area contributed by atoms with E-state index in [1.54, 1.807) is 16.8 Å². The van der Waals surface area contributed by atoms with Gasteiger partial charge in [0.05, 0.1) is 5.69 Å². The van der Waals surface area contributed by atoms with E-state index in [1.165, 1.54) is 0 Å². The number of ether oxygens (including phenoxy) is 1. The Balaban J connectivity index is 2.37. The molecule has 0 bridgehead atoms. The van der Waals surface area contributed by atoms with E-state index in [-0.39, 0.29) is 0 Å². The fourth-order valence-corrected chi connectivity index (χ4v) is 1.76. The van der Waals surface area contributed by atoms with Crippen LogP contribution in [-0.2, 0) is 7.05 Å². The highest BCUT2D eigenvalue weighted by Crippen LogP contribution is 2.28. The van der Waals surface area contributed by atoms with E-state index < -0.39 is 0 Å². The summed E-state index contributed by atoms with van der Waals surface area (Å²) >= 11 is 5.81. The van der Waals surface area contributed by atoms with Crippen molar-refractivity contribution in [2.24, 2.45) is 7.05 Å². The van der Waals surface area contributed by atoms with Crippen LogP contribution >= 0.6 is 11.6 Å². The van der Waals surface area contributed by atoms with E-state index in [9.17, 15) is 0 Å². The predicted octanol–water partition coefficient (Wildman–Crippen LogP) is 2.46.